The number of hydrogen-bond donors (Lipinski definition) is 2. The second-order valence-electron chi connectivity index (χ2n) is 7.20. The highest BCUT2D eigenvalue weighted by atomic mass is 16.6. The summed E-state index contributed by atoms with van der Waals surface area (Å²) in [5, 5.41) is 5.80. The van der Waals surface area contributed by atoms with Crippen LogP contribution >= 0.6 is 0 Å². The summed E-state index contributed by atoms with van der Waals surface area (Å²) >= 11 is 0. The molecule has 0 saturated heterocycles. The zero-order chi connectivity index (χ0) is 20.3. The Morgan fingerprint density at radius 1 is 0.931 bits per heavy atom. The zero-order valence-corrected chi connectivity index (χ0v) is 16.6. The molecule has 1 saturated carbocycles. The topological polar surface area (TPSA) is 76.7 Å². The average molecular weight is 396 g/mol. The molecular weight excluding hydrogens is 368 g/mol. The molecule has 0 heterocycles. The standard InChI is InChI=1S/C23H28N2O4/c26-22(24-19-9-3-1-4-10-19)17-18-8-7-11-20(16-18)25-23(27)29-15-14-28-21-12-5-2-6-13-21/h2,5-8,11-13,16,19H,1,3-4,9-10,14-15,17H2,(H,24,26)(H,25,27). The van der Waals surface area contributed by atoms with Gasteiger partial charge < -0.3 is 14.8 Å². The smallest absolute Gasteiger partial charge is 0.411 e. The minimum Gasteiger partial charge on any atom is -0.490 e. The highest BCUT2D eigenvalue weighted by Gasteiger charge is 2.16. The molecule has 29 heavy (non-hydrogen) atoms. The van der Waals surface area contributed by atoms with Crippen LogP contribution in [0, 0.1) is 0 Å². The number of ether oxygens (including phenoxy) is 2. The quantitative estimate of drug-likeness (QED) is 0.652. The van der Waals surface area contributed by atoms with Gasteiger partial charge in [0.25, 0.3) is 0 Å². The van der Waals surface area contributed by atoms with E-state index in [4.69, 9.17) is 9.47 Å². The van der Waals surface area contributed by atoms with Crippen LogP contribution in [0.2, 0.25) is 0 Å². The number of anilines is 1. The van der Waals surface area contributed by atoms with Crippen LogP contribution in [0.5, 0.6) is 5.75 Å². The summed E-state index contributed by atoms with van der Waals surface area (Å²) in [7, 11) is 0. The van der Waals surface area contributed by atoms with Crippen molar-refractivity contribution in [3.05, 3.63) is 60.2 Å². The molecule has 0 bridgehead atoms. The Kier molecular flexibility index (Phi) is 7.92. The largest absolute Gasteiger partial charge is 0.490 e. The Balaban J connectivity index is 1.39. The predicted molar refractivity (Wildman–Crippen MR) is 112 cm³/mol. The molecule has 6 heteroatoms. The molecule has 3 rings (SSSR count). The van der Waals surface area contributed by atoms with Crippen LogP contribution in [0.15, 0.2) is 54.6 Å². The van der Waals surface area contributed by atoms with Crippen molar-refractivity contribution in [3.63, 3.8) is 0 Å². The van der Waals surface area contributed by atoms with Crippen LogP contribution in [0.3, 0.4) is 0 Å². The van der Waals surface area contributed by atoms with Crippen molar-refractivity contribution in [2.75, 3.05) is 18.5 Å². The molecule has 2 N–H and O–H groups in total. The fourth-order valence-corrected chi connectivity index (χ4v) is 3.43. The first-order valence-electron chi connectivity index (χ1n) is 10.2. The van der Waals surface area contributed by atoms with Crippen LogP contribution in [0.4, 0.5) is 10.5 Å². The van der Waals surface area contributed by atoms with E-state index in [0.717, 1.165) is 24.2 Å². The van der Waals surface area contributed by atoms with Crippen LogP contribution < -0.4 is 15.4 Å². The van der Waals surface area contributed by atoms with Crippen molar-refractivity contribution < 1.29 is 19.1 Å². The molecule has 0 radical (unpaired) electrons. The van der Waals surface area contributed by atoms with E-state index in [1.54, 1.807) is 12.1 Å². The number of para-hydroxylation sites is 1. The molecule has 6 nitrogen and oxygen atoms in total. The lowest BCUT2D eigenvalue weighted by molar-refractivity contribution is -0.121. The Labute approximate surface area is 171 Å². The van der Waals surface area contributed by atoms with Gasteiger partial charge in [-0.2, -0.15) is 0 Å². The summed E-state index contributed by atoms with van der Waals surface area (Å²) < 4.78 is 10.6. The summed E-state index contributed by atoms with van der Waals surface area (Å²) in [4.78, 5) is 24.2. The van der Waals surface area contributed by atoms with Gasteiger partial charge in [0, 0.05) is 11.7 Å². The number of hydrogen-bond acceptors (Lipinski definition) is 4. The SMILES string of the molecule is O=C(Cc1cccc(NC(=O)OCCOc2ccccc2)c1)NC1CCCCC1. The summed E-state index contributed by atoms with van der Waals surface area (Å²) in [6.07, 6.45) is 5.50. The van der Waals surface area contributed by atoms with E-state index in [-0.39, 0.29) is 19.1 Å². The average Bonchev–Trinajstić information content (AvgIpc) is 2.73. The minimum atomic E-state index is -0.550. The molecule has 0 aromatic heterocycles. The molecular formula is C23H28N2O4. The summed E-state index contributed by atoms with van der Waals surface area (Å²) in [6, 6.07) is 16.9. The number of amides is 2. The highest BCUT2D eigenvalue weighted by molar-refractivity contribution is 5.85. The summed E-state index contributed by atoms with van der Waals surface area (Å²) in [5.41, 5.74) is 1.45. The fourth-order valence-electron chi connectivity index (χ4n) is 3.43. The number of rotatable bonds is 8. The van der Waals surface area contributed by atoms with E-state index in [1.807, 2.05) is 42.5 Å². The number of carbonyl (C=O) groups is 2. The lowest BCUT2D eigenvalue weighted by Gasteiger charge is -2.22. The predicted octanol–water partition coefficient (Wildman–Crippen LogP) is 4.31. The maximum atomic E-state index is 12.3. The minimum absolute atomic E-state index is 0.0229. The van der Waals surface area contributed by atoms with Gasteiger partial charge in [0.05, 0.1) is 6.42 Å². The Hall–Kier alpha value is -3.02. The molecule has 2 amide bonds. The van der Waals surface area contributed by atoms with Crippen molar-refractivity contribution in [2.24, 2.45) is 0 Å². The van der Waals surface area contributed by atoms with Gasteiger partial charge in [-0.1, -0.05) is 49.6 Å². The van der Waals surface area contributed by atoms with Gasteiger partial charge in [-0.15, -0.1) is 0 Å². The highest BCUT2D eigenvalue weighted by Crippen LogP contribution is 2.18. The molecule has 0 aliphatic heterocycles. The van der Waals surface area contributed by atoms with E-state index < -0.39 is 6.09 Å². The molecule has 0 atom stereocenters. The third kappa shape index (κ3) is 7.49. The van der Waals surface area contributed by atoms with Gasteiger partial charge >= 0.3 is 6.09 Å². The van der Waals surface area contributed by atoms with Crippen molar-refractivity contribution in [1.29, 1.82) is 0 Å². The molecule has 154 valence electrons. The van der Waals surface area contributed by atoms with E-state index >= 15 is 0 Å². The molecule has 1 aliphatic rings. The van der Waals surface area contributed by atoms with Crippen LogP contribution in [0.25, 0.3) is 0 Å². The second-order valence-corrected chi connectivity index (χ2v) is 7.20. The molecule has 1 aliphatic carbocycles. The van der Waals surface area contributed by atoms with Gasteiger partial charge in [0.15, 0.2) is 0 Å². The van der Waals surface area contributed by atoms with Gasteiger partial charge in [-0.05, 0) is 42.7 Å². The van der Waals surface area contributed by atoms with Crippen LogP contribution in [0.1, 0.15) is 37.7 Å². The van der Waals surface area contributed by atoms with Crippen molar-refractivity contribution in [1.82, 2.24) is 5.32 Å². The van der Waals surface area contributed by atoms with E-state index in [9.17, 15) is 9.59 Å². The van der Waals surface area contributed by atoms with E-state index in [2.05, 4.69) is 10.6 Å². The van der Waals surface area contributed by atoms with Gasteiger partial charge in [0.2, 0.25) is 5.91 Å². The Bertz CT molecular complexity index is 788. The van der Waals surface area contributed by atoms with Crippen molar-refractivity contribution >= 4 is 17.7 Å². The van der Waals surface area contributed by atoms with Crippen molar-refractivity contribution in [2.45, 2.75) is 44.6 Å². The summed E-state index contributed by atoms with van der Waals surface area (Å²) in [6.45, 7) is 0.420. The van der Waals surface area contributed by atoms with Crippen LogP contribution in [-0.2, 0) is 16.0 Å². The lowest BCUT2D eigenvalue weighted by atomic mass is 9.95. The normalized spacial score (nSPS) is 14.1. The van der Waals surface area contributed by atoms with Gasteiger partial charge in [-0.3, -0.25) is 10.1 Å². The van der Waals surface area contributed by atoms with Crippen LogP contribution in [-0.4, -0.2) is 31.3 Å². The molecule has 0 spiro atoms. The third-order valence-corrected chi connectivity index (χ3v) is 4.84. The number of carbonyl (C=O) groups excluding carboxylic acids is 2. The van der Waals surface area contributed by atoms with E-state index in [1.165, 1.54) is 19.3 Å². The molecule has 2 aromatic rings. The first kappa shape index (κ1) is 20.7. The number of nitrogens with one attached hydrogen (secondary N) is 2. The fraction of sp³-hybridized carbons (Fsp3) is 0.391. The molecule has 1 fully saturated rings. The monoisotopic (exact) mass is 396 g/mol. The molecule has 0 unspecified atom stereocenters. The van der Waals surface area contributed by atoms with Crippen molar-refractivity contribution in [3.8, 4) is 5.75 Å². The Morgan fingerprint density at radius 2 is 1.72 bits per heavy atom. The maximum absolute atomic E-state index is 12.3. The maximum Gasteiger partial charge on any atom is 0.411 e. The van der Waals surface area contributed by atoms with E-state index in [0.29, 0.717) is 18.2 Å². The summed E-state index contributed by atoms with van der Waals surface area (Å²) in [5.74, 6) is 0.755. The first-order valence-corrected chi connectivity index (χ1v) is 10.2. The first-order chi connectivity index (χ1) is 14.2. The lowest BCUT2D eigenvalue weighted by Crippen LogP contribution is -2.37. The number of benzene rings is 2. The second kappa shape index (κ2) is 11.1. The van der Waals surface area contributed by atoms with Gasteiger partial charge in [0.1, 0.15) is 19.0 Å². The molecule has 2 aromatic carbocycles. The van der Waals surface area contributed by atoms with Gasteiger partial charge in [-0.25, -0.2) is 4.79 Å². The Morgan fingerprint density at radius 3 is 2.52 bits per heavy atom. The third-order valence-electron chi connectivity index (χ3n) is 4.84. The zero-order valence-electron chi connectivity index (χ0n) is 16.6.